The van der Waals surface area contributed by atoms with Crippen molar-refractivity contribution in [3.05, 3.63) is 53.7 Å². The number of aromatic nitrogens is 3. The Morgan fingerprint density at radius 1 is 1.29 bits per heavy atom. The lowest BCUT2D eigenvalue weighted by Gasteiger charge is -2.11. The molecule has 0 aliphatic heterocycles. The smallest absolute Gasteiger partial charge is 0.0951 e. The molecule has 1 aliphatic rings. The molecule has 1 N–H and O–H groups in total. The van der Waals surface area contributed by atoms with Gasteiger partial charge in [0.05, 0.1) is 29.1 Å². The average Bonchev–Trinajstić information content (AvgIpc) is 3.26. The Hall–Kier alpha value is -2.07. The van der Waals surface area contributed by atoms with Crippen molar-refractivity contribution in [3.63, 3.8) is 0 Å². The van der Waals surface area contributed by atoms with Gasteiger partial charge in [-0.1, -0.05) is 11.6 Å². The van der Waals surface area contributed by atoms with E-state index in [1.807, 2.05) is 36.8 Å². The fourth-order valence-corrected chi connectivity index (χ4v) is 2.84. The minimum atomic E-state index is 0.646. The molecular weight excluding hydrogens is 284 g/mol. The van der Waals surface area contributed by atoms with Gasteiger partial charge >= 0.3 is 0 Å². The molecule has 3 aromatic rings. The number of benzene rings is 1. The van der Waals surface area contributed by atoms with E-state index in [1.165, 1.54) is 18.5 Å². The average molecular weight is 299 g/mol. The van der Waals surface area contributed by atoms with Crippen LogP contribution in [-0.4, -0.2) is 14.5 Å². The zero-order valence-corrected chi connectivity index (χ0v) is 12.2. The maximum Gasteiger partial charge on any atom is 0.0951 e. The van der Waals surface area contributed by atoms with Gasteiger partial charge in [-0.05, 0) is 37.1 Å². The summed E-state index contributed by atoms with van der Waals surface area (Å²) >= 11 is 6.20. The van der Waals surface area contributed by atoms with E-state index in [-0.39, 0.29) is 0 Å². The molecule has 0 amide bonds. The predicted molar refractivity (Wildman–Crippen MR) is 84.6 cm³/mol. The Labute approximate surface area is 127 Å². The Bertz CT molecular complexity index is 792. The van der Waals surface area contributed by atoms with Gasteiger partial charge in [0.2, 0.25) is 0 Å². The van der Waals surface area contributed by atoms with E-state index in [9.17, 15) is 0 Å². The lowest BCUT2D eigenvalue weighted by Crippen LogP contribution is -2.06. The molecule has 4 rings (SSSR count). The summed E-state index contributed by atoms with van der Waals surface area (Å²) < 4.78 is 2.27. The SMILES string of the molecule is Clc1ccc(NCc2cncn2C2CC2)c2cccnc12. The second kappa shape index (κ2) is 5.04. The lowest BCUT2D eigenvalue weighted by atomic mass is 10.2. The number of fused-ring (bicyclic) bond motifs is 1. The van der Waals surface area contributed by atoms with Crippen molar-refractivity contribution in [1.82, 2.24) is 14.5 Å². The van der Waals surface area contributed by atoms with Gasteiger partial charge in [0.1, 0.15) is 0 Å². The number of hydrogen-bond donors (Lipinski definition) is 1. The highest BCUT2D eigenvalue weighted by Crippen LogP contribution is 2.36. The summed E-state index contributed by atoms with van der Waals surface area (Å²) in [6, 6.07) is 8.50. The molecule has 106 valence electrons. The molecule has 0 radical (unpaired) electrons. The molecule has 0 bridgehead atoms. The predicted octanol–water partition coefficient (Wildman–Crippen LogP) is 4.03. The van der Waals surface area contributed by atoms with Crippen LogP contribution in [0.3, 0.4) is 0 Å². The quantitative estimate of drug-likeness (QED) is 0.790. The zero-order chi connectivity index (χ0) is 14.2. The van der Waals surface area contributed by atoms with Crippen LogP contribution in [0, 0.1) is 0 Å². The molecule has 1 fully saturated rings. The van der Waals surface area contributed by atoms with Gasteiger partial charge in [-0.2, -0.15) is 0 Å². The van der Waals surface area contributed by atoms with Crippen molar-refractivity contribution in [2.75, 3.05) is 5.32 Å². The van der Waals surface area contributed by atoms with Crippen LogP contribution >= 0.6 is 11.6 Å². The summed E-state index contributed by atoms with van der Waals surface area (Å²) in [4.78, 5) is 8.61. The Morgan fingerprint density at radius 3 is 3.05 bits per heavy atom. The topological polar surface area (TPSA) is 42.7 Å². The van der Waals surface area contributed by atoms with E-state index in [4.69, 9.17) is 11.6 Å². The minimum Gasteiger partial charge on any atom is -0.379 e. The van der Waals surface area contributed by atoms with Gasteiger partial charge in [-0.15, -0.1) is 0 Å². The molecule has 4 nitrogen and oxygen atoms in total. The first-order valence-corrected chi connectivity index (χ1v) is 7.48. The van der Waals surface area contributed by atoms with E-state index in [1.54, 1.807) is 6.20 Å². The van der Waals surface area contributed by atoms with Crippen molar-refractivity contribution < 1.29 is 0 Å². The number of halogens is 1. The third-order valence-electron chi connectivity index (χ3n) is 3.87. The Balaban J connectivity index is 1.62. The molecule has 2 aromatic heterocycles. The molecule has 21 heavy (non-hydrogen) atoms. The number of nitrogens with zero attached hydrogens (tertiary/aromatic N) is 3. The largest absolute Gasteiger partial charge is 0.379 e. The Kier molecular flexibility index (Phi) is 3.04. The zero-order valence-electron chi connectivity index (χ0n) is 11.5. The standard InChI is InChI=1S/C16H15ClN4/c17-14-5-6-15(13-2-1-7-19-16(13)14)20-9-12-8-18-10-21(12)11-3-4-11/h1-2,5-8,10-11,20H,3-4,9H2. The second-order valence-electron chi connectivity index (χ2n) is 5.37. The van der Waals surface area contributed by atoms with Crippen LogP contribution in [0.2, 0.25) is 5.02 Å². The molecule has 1 aromatic carbocycles. The maximum atomic E-state index is 6.20. The number of rotatable bonds is 4. The molecule has 1 saturated carbocycles. The molecule has 0 spiro atoms. The van der Waals surface area contributed by atoms with Crippen LogP contribution in [0.4, 0.5) is 5.69 Å². The molecule has 2 heterocycles. The highest BCUT2D eigenvalue weighted by molar-refractivity contribution is 6.35. The fraction of sp³-hybridized carbons (Fsp3) is 0.250. The lowest BCUT2D eigenvalue weighted by molar-refractivity contribution is 0.701. The van der Waals surface area contributed by atoms with E-state index in [0.717, 1.165) is 23.1 Å². The van der Waals surface area contributed by atoms with Gasteiger partial charge in [0.25, 0.3) is 0 Å². The third kappa shape index (κ3) is 2.36. The summed E-state index contributed by atoms with van der Waals surface area (Å²) in [5.41, 5.74) is 3.09. The van der Waals surface area contributed by atoms with Crippen LogP contribution in [0.5, 0.6) is 0 Å². The van der Waals surface area contributed by atoms with Crippen LogP contribution < -0.4 is 5.32 Å². The van der Waals surface area contributed by atoms with Crippen LogP contribution in [0.1, 0.15) is 24.6 Å². The van der Waals surface area contributed by atoms with Crippen molar-refractivity contribution in [2.24, 2.45) is 0 Å². The molecule has 0 atom stereocenters. The maximum absolute atomic E-state index is 6.20. The van der Waals surface area contributed by atoms with Crippen LogP contribution in [0.25, 0.3) is 10.9 Å². The minimum absolute atomic E-state index is 0.646. The third-order valence-corrected chi connectivity index (χ3v) is 4.17. The van der Waals surface area contributed by atoms with Gasteiger partial charge in [-0.3, -0.25) is 4.98 Å². The first-order valence-electron chi connectivity index (χ1n) is 7.11. The van der Waals surface area contributed by atoms with Gasteiger partial charge in [0.15, 0.2) is 0 Å². The van der Waals surface area contributed by atoms with E-state index in [0.29, 0.717) is 11.1 Å². The van der Waals surface area contributed by atoms with Crippen molar-refractivity contribution in [2.45, 2.75) is 25.4 Å². The van der Waals surface area contributed by atoms with Gasteiger partial charge in [0, 0.05) is 29.5 Å². The highest BCUT2D eigenvalue weighted by Gasteiger charge is 2.25. The summed E-state index contributed by atoms with van der Waals surface area (Å²) in [5.74, 6) is 0. The molecular formula is C16H15ClN4. The van der Waals surface area contributed by atoms with Gasteiger partial charge in [-0.25, -0.2) is 4.98 Å². The van der Waals surface area contributed by atoms with Crippen LogP contribution in [-0.2, 0) is 6.54 Å². The highest BCUT2D eigenvalue weighted by atomic mass is 35.5. The fourth-order valence-electron chi connectivity index (χ4n) is 2.63. The van der Waals surface area contributed by atoms with Crippen molar-refractivity contribution in [1.29, 1.82) is 0 Å². The van der Waals surface area contributed by atoms with Crippen molar-refractivity contribution >= 4 is 28.2 Å². The molecule has 0 saturated heterocycles. The summed E-state index contributed by atoms with van der Waals surface area (Å²) in [6.45, 7) is 0.752. The summed E-state index contributed by atoms with van der Waals surface area (Å²) in [6.07, 6.45) is 8.15. The number of pyridine rings is 1. The normalized spacial score (nSPS) is 14.5. The second-order valence-corrected chi connectivity index (χ2v) is 5.78. The van der Waals surface area contributed by atoms with Gasteiger partial charge < -0.3 is 9.88 Å². The number of anilines is 1. The summed E-state index contributed by atoms with van der Waals surface area (Å²) in [5, 5.41) is 5.20. The van der Waals surface area contributed by atoms with E-state index in [2.05, 4.69) is 19.9 Å². The first-order chi connectivity index (χ1) is 10.3. The first kappa shape index (κ1) is 12.7. The molecule has 0 unspecified atom stereocenters. The number of nitrogens with one attached hydrogen (secondary N) is 1. The van der Waals surface area contributed by atoms with E-state index < -0.39 is 0 Å². The van der Waals surface area contributed by atoms with E-state index >= 15 is 0 Å². The molecule has 5 heteroatoms. The monoisotopic (exact) mass is 298 g/mol. The summed E-state index contributed by atoms with van der Waals surface area (Å²) in [7, 11) is 0. The van der Waals surface area contributed by atoms with Crippen molar-refractivity contribution in [3.8, 4) is 0 Å². The Morgan fingerprint density at radius 2 is 2.19 bits per heavy atom. The number of imidazole rings is 1. The van der Waals surface area contributed by atoms with Crippen LogP contribution in [0.15, 0.2) is 43.0 Å². The molecule has 1 aliphatic carbocycles. The number of hydrogen-bond acceptors (Lipinski definition) is 3.